The van der Waals surface area contributed by atoms with E-state index >= 15 is 0 Å². The van der Waals surface area contributed by atoms with Crippen LogP contribution < -0.4 is 10.6 Å². The number of thioether (sulfide) groups is 1. The van der Waals surface area contributed by atoms with Crippen molar-refractivity contribution in [2.24, 2.45) is 5.92 Å². The van der Waals surface area contributed by atoms with Crippen LogP contribution in [0.2, 0.25) is 0 Å². The zero-order valence-electron chi connectivity index (χ0n) is 14.9. The summed E-state index contributed by atoms with van der Waals surface area (Å²) in [5.41, 5.74) is 1.81. The highest BCUT2D eigenvalue weighted by Crippen LogP contribution is 2.47. The molecule has 3 rings (SSSR count). The lowest BCUT2D eigenvalue weighted by atomic mass is 9.91. The Kier molecular flexibility index (Phi) is 5.83. The van der Waals surface area contributed by atoms with E-state index in [4.69, 9.17) is 0 Å². The number of carbonyl (C=O) groups is 2. The minimum absolute atomic E-state index is 0.0225. The fourth-order valence-corrected chi connectivity index (χ4v) is 5.14. The van der Waals surface area contributed by atoms with Gasteiger partial charge in [0.25, 0.3) is 5.91 Å². The van der Waals surface area contributed by atoms with Crippen molar-refractivity contribution in [3.63, 3.8) is 0 Å². The summed E-state index contributed by atoms with van der Waals surface area (Å²) in [5.74, 6) is -2.63. The van der Waals surface area contributed by atoms with Crippen LogP contribution in [-0.4, -0.2) is 23.2 Å². The van der Waals surface area contributed by atoms with Gasteiger partial charge in [0.1, 0.15) is 0 Å². The number of hydrogen-bond acceptors (Lipinski definition) is 3. The van der Waals surface area contributed by atoms with Crippen molar-refractivity contribution in [1.82, 2.24) is 5.32 Å². The Hall–Kier alpha value is -1.96. The first-order valence-electron chi connectivity index (χ1n) is 8.92. The van der Waals surface area contributed by atoms with Crippen molar-refractivity contribution in [1.29, 1.82) is 0 Å². The number of alkyl halides is 3. The summed E-state index contributed by atoms with van der Waals surface area (Å²) < 4.78 is 38.1. The molecule has 2 atom stereocenters. The van der Waals surface area contributed by atoms with Gasteiger partial charge in [0.15, 0.2) is 0 Å². The Morgan fingerprint density at radius 1 is 1.11 bits per heavy atom. The number of rotatable bonds is 3. The maximum atomic E-state index is 12.9. The molecule has 1 aromatic rings. The Labute approximate surface area is 160 Å². The smallest absolute Gasteiger partial charge is 0.322 e. The fourth-order valence-electron chi connectivity index (χ4n) is 3.59. The molecule has 2 N–H and O–H groups in total. The summed E-state index contributed by atoms with van der Waals surface area (Å²) in [5, 5.41) is 4.78. The number of hydrogen-bond donors (Lipinski definition) is 2. The molecule has 0 radical (unpaired) electrons. The van der Waals surface area contributed by atoms with E-state index in [1.54, 1.807) is 18.2 Å². The van der Waals surface area contributed by atoms with Crippen LogP contribution >= 0.6 is 11.8 Å². The van der Waals surface area contributed by atoms with Gasteiger partial charge < -0.3 is 10.6 Å². The molecule has 27 heavy (non-hydrogen) atoms. The second kappa shape index (κ2) is 7.96. The van der Waals surface area contributed by atoms with Crippen LogP contribution in [0.15, 0.2) is 34.9 Å². The summed E-state index contributed by atoms with van der Waals surface area (Å²) in [7, 11) is 0. The Bertz CT molecular complexity index is 776. The predicted molar refractivity (Wildman–Crippen MR) is 99.0 cm³/mol. The molecule has 1 aliphatic heterocycles. The predicted octanol–water partition coefficient (Wildman–Crippen LogP) is 4.52. The van der Waals surface area contributed by atoms with Crippen LogP contribution in [-0.2, 0) is 9.59 Å². The van der Waals surface area contributed by atoms with Crippen molar-refractivity contribution in [2.45, 2.75) is 50.5 Å². The zero-order chi connectivity index (χ0) is 19.6. The minimum Gasteiger partial charge on any atom is -0.322 e. The van der Waals surface area contributed by atoms with Gasteiger partial charge in [-0.25, -0.2) is 0 Å². The second-order valence-electron chi connectivity index (χ2n) is 6.92. The first kappa shape index (κ1) is 19.8. The highest BCUT2D eigenvalue weighted by molar-refractivity contribution is 8.04. The van der Waals surface area contributed by atoms with E-state index in [0.717, 1.165) is 37.7 Å². The van der Waals surface area contributed by atoms with E-state index in [2.05, 4.69) is 5.32 Å². The molecule has 0 aromatic heterocycles. The van der Waals surface area contributed by atoms with Crippen LogP contribution in [0.1, 0.15) is 37.7 Å². The lowest BCUT2D eigenvalue weighted by Crippen LogP contribution is -2.36. The quantitative estimate of drug-likeness (QED) is 0.787. The first-order chi connectivity index (χ1) is 12.8. The Morgan fingerprint density at radius 2 is 1.85 bits per heavy atom. The van der Waals surface area contributed by atoms with Gasteiger partial charge in [0, 0.05) is 16.9 Å². The summed E-state index contributed by atoms with van der Waals surface area (Å²) in [4.78, 5) is 24.4. The molecular weight excluding hydrogens is 377 g/mol. The lowest BCUT2D eigenvalue weighted by Gasteiger charge is -2.18. The van der Waals surface area contributed by atoms with Crippen molar-refractivity contribution in [2.75, 3.05) is 5.32 Å². The van der Waals surface area contributed by atoms with Crippen LogP contribution in [0, 0.1) is 12.8 Å². The van der Waals surface area contributed by atoms with Crippen LogP contribution in [0.5, 0.6) is 0 Å². The minimum atomic E-state index is -4.99. The topological polar surface area (TPSA) is 58.2 Å². The zero-order valence-corrected chi connectivity index (χ0v) is 15.7. The van der Waals surface area contributed by atoms with Gasteiger partial charge in [-0.05, 0) is 37.5 Å². The molecule has 1 aliphatic carbocycles. The van der Waals surface area contributed by atoms with Gasteiger partial charge >= 0.3 is 12.1 Å². The third-order valence-corrected chi connectivity index (χ3v) is 6.27. The average molecular weight is 398 g/mol. The van der Waals surface area contributed by atoms with E-state index < -0.39 is 18.0 Å². The number of fused-ring (bicyclic) bond motifs is 1. The molecular formula is C19H21F3N2O2S. The molecule has 2 amide bonds. The van der Waals surface area contributed by atoms with E-state index in [9.17, 15) is 22.8 Å². The van der Waals surface area contributed by atoms with Crippen molar-refractivity contribution in [3.05, 3.63) is 40.4 Å². The van der Waals surface area contributed by atoms with Crippen molar-refractivity contribution in [3.8, 4) is 0 Å². The van der Waals surface area contributed by atoms with Gasteiger partial charge in [-0.3, -0.25) is 9.59 Å². The van der Waals surface area contributed by atoms with Gasteiger partial charge in [-0.2, -0.15) is 13.2 Å². The molecule has 0 spiro atoms. The molecule has 1 aromatic carbocycles. The molecule has 1 fully saturated rings. The third-order valence-electron chi connectivity index (χ3n) is 4.84. The standard InChI is InChI=1S/C19H21F3N2O2S/c1-11-6-5-7-12(10-11)23-16(25)15-13-8-3-2-4-9-14(13)27-17(15)24-18(26)19(20,21)22/h5-7,10,13-14H,2-4,8-9H2,1H3,(H,23,25)(H,24,26). The van der Waals surface area contributed by atoms with Crippen molar-refractivity contribution >= 4 is 29.3 Å². The second-order valence-corrected chi connectivity index (χ2v) is 8.17. The fraction of sp³-hybridized carbons (Fsp3) is 0.474. The molecule has 4 nitrogen and oxygen atoms in total. The molecule has 1 heterocycles. The number of aryl methyl sites for hydroxylation is 1. The number of benzene rings is 1. The van der Waals surface area contributed by atoms with Gasteiger partial charge in [-0.15, -0.1) is 11.8 Å². The number of carbonyl (C=O) groups excluding carboxylic acids is 2. The van der Waals surface area contributed by atoms with Crippen LogP contribution in [0.25, 0.3) is 0 Å². The average Bonchev–Trinajstić information content (AvgIpc) is 2.75. The number of amides is 2. The van der Waals surface area contributed by atoms with Crippen LogP contribution in [0.3, 0.4) is 0 Å². The van der Waals surface area contributed by atoms with E-state index in [1.807, 2.05) is 18.3 Å². The normalized spacial score (nSPS) is 22.8. The molecule has 0 saturated heterocycles. The van der Waals surface area contributed by atoms with E-state index in [-0.39, 0.29) is 21.8 Å². The summed E-state index contributed by atoms with van der Waals surface area (Å²) in [6.07, 6.45) is -0.493. The summed E-state index contributed by atoms with van der Waals surface area (Å²) >= 11 is 1.19. The van der Waals surface area contributed by atoms with Gasteiger partial charge in [-0.1, -0.05) is 31.4 Å². The SMILES string of the molecule is Cc1cccc(NC(=O)C2=C(NC(=O)C(F)(F)F)SC3CCCCCC23)c1. The lowest BCUT2D eigenvalue weighted by molar-refractivity contribution is -0.172. The largest absolute Gasteiger partial charge is 0.471 e. The summed E-state index contributed by atoms with van der Waals surface area (Å²) in [6.45, 7) is 1.89. The Morgan fingerprint density at radius 3 is 2.56 bits per heavy atom. The number of anilines is 1. The third kappa shape index (κ3) is 4.66. The van der Waals surface area contributed by atoms with Crippen molar-refractivity contribution < 1.29 is 22.8 Å². The Balaban J connectivity index is 1.89. The number of nitrogens with one attached hydrogen (secondary N) is 2. The van der Waals surface area contributed by atoms with E-state index in [0.29, 0.717) is 5.69 Å². The molecule has 0 bridgehead atoms. The summed E-state index contributed by atoms with van der Waals surface area (Å²) in [6, 6.07) is 7.20. The maximum Gasteiger partial charge on any atom is 0.471 e. The maximum absolute atomic E-state index is 12.9. The van der Waals surface area contributed by atoms with E-state index in [1.165, 1.54) is 11.8 Å². The number of halogens is 3. The van der Waals surface area contributed by atoms with Gasteiger partial charge in [0.05, 0.1) is 10.6 Å². The molecule has 146 valence electrons. The molecule has 2 unspecified atom stereocenters. The highest BCUT2D eigenvalue weighted by Gasteiger charge is 2.44. The monoisotopic (exact) mass is 398 g/mol. The molecule has 8 heteroatoms. The first-order valence-corrected chi connectivity index (χ1v) is 9.80. The van der Waals surface area contributed by atoms with Crippen LogP contribution in [0.4, 0.5) is 18.9 Å². The highest BCUT2D eigenvalue weighted by atomic mass is 32.2. The molecule has 1 saturated carbocycles. The van der Waals surface area contributed by atoms with Gasteiger partial charge in [0.2, 0.25) is 0 Å². The molecule has 2 aliphatic rings.